The van der Waals surface area contributed by atoms with E-state index in [0.29, 0.717) is 38.5 Å². The lowest BCUT2D eigenvalue weighted by Gasteiger charge is -2.33. The number of ether oxygens (including phenoxy) is 1. The van der Waals surface area contributed by atoms with Gasteiger partial charge in [-0.1, -0.05) is 56.5 Å². The zero-order valence-corrected chi connectivity index (χ0v) is 29.1. The fraction of sp³-hybridized carbons (Fsp3) is 0.667. The number of hydrogen-bond acceptors (Lipinski definition) is 8. The normalized spacial score (nSPS) is 22.3. The number of imide groups is 1. The van der Waals surface area contributed by atoms with E-state index in [1.165, 1.54) is 6.92 Å². The maximum Gasteiger partial charge on any atom is 0.521 e. The van der Waals surface area contributed by atoms with Crippen LogP contribution in [0.4, 0.5) is 9.59 Å². The van der Waals surface area contributed by atoms with Crippen molar-refractivity contribution in [3.8, 4) is 0 Å². The maximum atomic E-state index is 13.6. The van der Waals surface area contributed by atoms with E-state index in [1.54, 1.807) is 6.92 Å². The molecule has 14 nitrogen and oxygen atoms in total. The Hall–Kier alpha value is -3.32. The number of nitrogens with one attached hydrogen (secondary N) is 3. The van der Waals surface area contributed by atoms with E-state index in [9.17, 15) is 38.5 Å². The van der Waals surface area contributed by atoms with E-state index in [2.05, 4.69) is 16.0 Å². The standard InChI is InChI=1S/C33H51N4O10P/c1-4-5-19-28(48(44,45)47-24(3)31(40)37(33(42)43)21-12-13-23(37)2)36-30(39)27(35-29(38)26-16-11-17-26)18-9-10-20-34-32(41)46-22-25-14-7-6-8-15-25/h6-8,14-15,23-24,26-28H,4-5,9-13,16-22H2,1-3H3,(H4-,34,35,36,38,39,41,42,43,44,45)/p+1/t23-,24?,27+,28+,37?/m1/s1. The van der Waals surface area contributed by atoms with Gasteiger partial charge in [-0.05, 0) is 57.9 Å². The predicted molar refractivity (Wildman–Crippen MR) is 176 cm³/mol. The molecule has 1 aromatic rings. The Bertz CT molecular complexity index is 1310. The SMILES string of the molecule is CCCC[C@@H](NC(=O)[C@H](CCCCNC(=O)OCc1ccccc1)NC(=O)C1CCC1)P(=O)(O)OC(C)C(=O)[N+]1(C(=O)O)CCC[C@H]1C. The number of amides is 5. The highest BCUT2D eigenvalue weighted by molar-refractivity contribution is 7.53. The molecule has 0 spiro atoms. The Morgan fingerprint density at radius 1 is 1.00 bits per heavy atom. The van der Waals surface area contributed by atoms with Crippen LogP contribution in [0.5, 0.6) is 0 Å². The van der Waals surface area contributed by atoms with E-state index < -0.39 is 60.1 Å². The molecular weight excluding hydrogens is 643 g/mol. The van der Waals surface area contributed by atoms with E-state index in [4.69, 9.17) is 9.26 Å². The van der Waals surface area contributed by atoms with Gasteiger partial charge in [0.2, 0.25) is 11.8 Å². The van der Waals surface area contributed by atoms with E-state index in [-0.39, 0.29) is 44.4 Å². The molecule has 2 fully saturated rings. The zero-order chi connectivity index (χ0) is 35.3. The van der Waals surface area contributed by atoms with E-state index in [0.717, 1.165) is 24.8 Å². The molecular formula is C33H52N4O10P+. The summed E-state index contributed by atoms with van der Waals surface area (Å²) in [5.41, 5.74) is 0.853. The van der Waals surface area contributed by atoms with E-state index >= 15 is 0 Å². The number of likely N-dealkylation sites (tertiary alicyclic amines) is 1. The number of carboxylic acid groups (broad SMARTS) is 1. The molecule has 5 N–H and O–H groups in total. The molecule has 5 amide bonds. The number of carbonyl (C=O) groups is 5. The van der Waals surface area contributed by atoms with Crippen LogP contribution in [-0.4, -0.2) is 81.5 Å². The fourth-order valence-corrected chi connectivity index (χ4v) is 7.59. The van der Waals surface area contributed by atoms with Crippen molar-refractivity contribution in [2.45, 2.75) is 122 Å². The lowest BCUT2D eigenvalue weighted by molar-refractivity contribution is -0.793. The minimum absolute atomic E-state index is 0.0571. The molecule has 268 valence electrons. The van der Waals surface area contributed by atoms with Gasteiger partial charge in [-0.25, -0.2) is 9.59 Å². The molecule has 15 heteroatoms. The topological polar surface area (TPSA) is 197 Å². The van der Waals surface area contributed by atoms with Crippen LogP contribution >= 0.6 is 7.60 Å². The second-order valence-corrected chi connectivity index (χ2v) is 14.8. The number of nitrogens with zero attached hydrogens (tertiary/aromatic N) is 1. The largest absolute Gasteiger partial charge is 0.521 e. The summed E-state index contributed by atoms with van der Waals surface area (Å²) in [4.78, 5) is 75.1. The minimum Gasteiger partial charge on any atom is -0.445 e. The van der Waals surface area contributed by atoms with Gasteiger partial charge in [0.15, 0.2) is 6.10 Å². The molecule has 0 bridgehead atoms. The second kappa shape index (κ2) is 18.4. The summed E-state index contributed by atoms with van der Waals surface area (Å²) in [7, 11) is -4.71. The number of rotatable bonds is 18. The average molecular weight is 696 g/mol. The summed E-state index contributed by atoms with van der Waals surface area (Å²) in [6.07, 6.45) is 2.21. The first-order valence-corrected chi connectivity index (χ1v) is 18.7. The first-order chi connectivity index (χ1) is 22.8. The van der Waals surface area contributed by atoms with Crippen LogP contribution in [0.2, 0.25) is 0 Å². The van der Waals surface area contributed by atoms with Crippen LogP contribution in [0.25, 0.3) is 0 Å². The number of benzene rings is 1. The Kier molecular flexibility index (Phi) is 15.0. The molecule has 1 heterocycles. The number of unbranched alkanes of at least 4 members (excludes halogenated alkanes) is 2. The smallest absolute Gasteiger partial charge is 0.445 e. The molecule has 1 aromatic carbocycles. The van der Waals surface area contributed by atoms with Crippen LogP contribution in [0.1, 0.15) is 97.0 Å². The van der Waals surface area contributed by atoms with Crippen molar-refractivity contribution in [2.75, 3.05) is 13.1 Å². The van der Waals surface area contributed by atoms with Crippen molar-refractivity contribution in [3.63, 3.8) is 0 Å². The summed E-state index contributed by atoms with van der Waals surface area (Å²) in [5, 5.41) is 18.0. The van der Waals surface area contributed by atoms with Crippen molar-refractivity contribution < 1.29 is 52.3 Å². The van der Waals surface area contributed by atoms with Crippen LogP contribution in [0.3, 0.4) is 0 Å². The Labute approximate surface area is 282 Å². The molecule has 48 heavy (non-hydrogen) atoms. The zero-order valence-electron chi connectivity index (χ0n) is 28.2. The van der Waals surface area contributed by atoms with Gasteiger partial charge in [-0.15, -0.1) is 0 Å². The molecule has 2 aliphatic rings. The number of carbonyl (C=O) groups excluding carboxylic acids is 4. The van der Waals surface area contributed by atoms with Gasteiger partial charge in [0.1, 0.15) is 24.5 Å². The first-order valence-electron chi connectivity index (χ1n) is 17.0. The third kappa shape index (κ3) is 10.6. The molecule has 3 rings (SSSR count). The molecule has 1 aliphatic heterocycles. The molecule has 1 aliphatic carbocycles. The summed E-state index contributed by atoms with van der Waals surface area (Å²) >= 11 is 0. The monoisotopic (exact) mass is 695 g/mol. The Morgan fingerprint density at radius 2 is 1.71 bits per heavy atom. The van der Waals surface area contributed by atoms with Crippen molar-refractivity contribution >= 4 is 37.5 Å². The average Bonchev–Trinajstić information content (AvgIpc) is 3.42. The molecule has 0 radical (unpaired) electrons. The van der Waals surface area contributed by atoms with Crippen LogP contribution in [0, 0.1) is 5.92 Å². The van der Waals surface area contributed by atoms with Crippen LogP contribution in [-0.2, 0) is 34.8 Å². The third-order valence-corrected chi connectivity index (χ3v) is 11.1. The molecule has 0 aromatic heterocycles. The van der Waals surface area contributed by atoms with Gasteiger partial charge >= 0.3 is 25.7 Å². The number of hydrogen-bond donors (Lipinski definition) is 5. The van der Waals surface area contributed by atoms with Gasteiger partial charge < -0.3 is 30.7 Å². The van der Waals surface area contributed by atoms with Gasteiger partial charge in [0.25, 0.3) is 0 Å². The van der Waals surface area contributed by atoms with Crippen molar-refractivity contribution in [1.29, 1.82) is 0 Å². The Balaban J connectivity index is 1.62. The molecule has 1 saturated carbocycles. The molecule has 3 unspecified atom stereocenters. The molecule has 1 saturated heterocycles. The highest BCUT2D eigenvalue weighted by Crippen LogP contribution is 2.50. The van der Waals surface area contributed by atoms with Gasteiger partial charge in [0, 0.05) is 25.3 Å². The highest BCUT2D eigenvalue weighted by atomic mass is 31.2. The van der Waals surface area contributed by atoms with E-state index in [1.807, 2.05) is 37.3 Å². The van der Waals surface area contributed by atoms with Gasteiger partial charge in [-0.3, -0.25) is 18.7 Å². The maximum absolute atomic E-state index is 13.6. The van der Waals surface area contributed by atoms with Crippen LogP contribution in [0.15, 0.2) is 30.3 Å². The predicted octanol–water partition coefficient (Wildman–Crippen LogP) is 4.79. The number of alkyl carbamates (subject to hydrolysis) is 1. The van der Waals surface area contributed by atoms with Gasteiger partial charge in [0.05, 0.1) is 6.54 Å². The lowest BCUT2D eigenvalue weighted by atomic mass is 9.84. The number of quaternary nitrogens is 1. The minimum atomic E-state index is -4.71. The van der Waals surface area contributed by atoms with Gasteiger partial charge in [-0.2, -0.15) is 9.28 Å². The van der Waals surface area contributed by atoms with Crippen molar-refractivity contribution in [1.82, 2.24) is 16.0 Å². The quantitative estimate of drug-likeness (QED) is 0.0809. The summed E-state index contributed by atoms with van der Waals surface area (Å²) in [6.45, 7) is 5.24. The lowest BCUT2D eigenvalue weighted by Crippen LogP contribution is -2.61. The second-order valence-electron chi connectivity index (χ2n) is 12.9. The Morgan fingerprint density at radius 3 is 2.29 bits per heavy atom. The van der Waals surface area contributed by atoms with Crippen molar-refractivity contribution in [2.24, 2.45) is 5.92 Å². The summed E-state index contributed by atoms with van der Waals surface area (Å²) in [6, 6.07) is 7.71. The van der Waals surface area contributed by atoms with Crippen LogP contribution < -0.4 is 16.0 Å². The first kappa shape index (κ1) is 39.1. The van der Waals surface area contributed by atoms with Crippen molar-refractivity contribution in [3.05, 3.63) is 35.9 Å². The molecule has 6 atom stereocenters. The summed E-state index contributed by atoms with van der Waals surface area (Å²) < 4.78 is 23.4. The third-order valence-electron chi connectivity index (χ3n) is 9.32. The highest BCUT2D eigenvalue weighted by Gasteiger charge is 2.56. The fourth-order valence-electron chi connectivity index (χ4n) is 6.10. The summed E-state index contributed by atoms with van der Waals surface area (Å²) in [5.74, 6) is -3.35.